The summed E-state index contributed by atoms with van der Waals surface area (Å²) in [6.45, 7) is 2.66. The summed E-state index contributed by atoms with van der Waals surface area (Å²) in [7, 11) is 0. The smallest absolute Gasteiger partial charge is 0.393 e. The van der Waals surface area contributed by atoms with Gasteiger partial charge in [-0.25, -0.2) is 0 Å². The molecule has 0 aromatic heterocycles. The Morgan fingerprint density at radius 1 is 1.21 bits per heavy atom. The number of aliphatic hydroxyl groups excluding tert-OH is 2. The molecule has 0 fully saturated rings. The van der Waals surface area contributed by atoms with E-state index in [-0.39, 0.29) is 6.04 Å². The Balaban J connectivity index is 3.72. The van der Waals surface area contributed by atoms with E-state index in [1.54, 1.807) is 13.8 Å². The number of aliphatic hydroxyl groups is 2. The molecule has 0 aliphatic rings. The van der Waals surface area contributed by atoms with Crippen LogP contribution in [0.5, 0.6) is 0 Å². The highest BCUT2D eigenvalue weighted by Gasteiger charge is 2.37. The van der Waals surface area contributed by atoms with Crippen LogP contribution in [0.3, 0.4) is 0 Å². The van der Waals surface area contributed by atoms with E-state index in [9.17, 15) is 13.2 Å². The third-order valence-electron chi connectivity index (χ3n) is 1.73. The molecule has 0 saturated heterocycles. The van der Waals surface area contributed by atoms with Gasteiger partial charge in [0.2, 0.25) is 0 Å². The van der Waals surface area contributed by atoms with E-state index in [0.29, 0.717) is 6.42 Å². The quantitative estimate of drug-likeness (QED) is 0.631. The molecule has 3 unspecified atom stereocenters. The largest absolute Gasteiger partial charge is 0.415 e. The zero-order valence-corrected chi connectivity index (χ0v) is 8.17. The second-order valence-corrected chi connectivity index (χ2v) is 3.45. The van der Waals surface area contributed by atoms with Gasteiger partial charge in [0.25, 0.3) is 0 Å². The number of nitrogens with one attached hydrogen (secondary N) is 1. The Morgan fingerprint density at radius 3 is 2.07 bits per heavy atom. The molecule has 3 N–H and O–H groups in total. The molecule has 0 aliphatic heterocycles. The Morgan fingerprint density at radius 2 is 1.71 bits per heavy atom. The Labute approximate surface area is 80.9 Å². The Kier molecular flexibility index (Phi) is 5.40. The fourth-order valence-electron chi connectivity index (χ4n) is 1.02. The molecule has 86 valence electrons. The van der Waals surface area contributed by atoms with Crippen molar-refractivity contribution in [2.75, 3.05) is 6.54 Å². The second-order valence-electron chi connectivity index (χ2n) is 3.45. The van der Waals surface area contributed by atoms with Crippen molar-refractivity contribution in [3.8, 4) is 0 Å². The Hall–Kier alpha value is -0.330. The minimum absolute atomic E-state index is 0.257. The van der Waals surface area contributed by atoms with Gasteiger partial charge in [0, 0.05) is 12.6 Å². The SMILES string of the molecule is CC(O)CC(C)NCC(O)C(F)(F)F. The fraction of sp³-hybridized carbons (Fsp3) is 1.00. The lowest BCUT2D eigenvalue weighted by molar-refractivity contribution is -0.202. The summed E-state index contributed by atoms with van der Waals surface area (Å²) in [5.74, 6) is 0. The van der Waals surface area contributed by atoms with E-state index >= 15 is 0 Å². The highest BCUT2D eigenvalue weighted by Crippen LogP contribution is 2.19. The first-order valence-electron chi connectivity index (χ1n) is 4.39. The normalized spacial score (nSPS) is 19.1. The van der Waals surface area contributed by atoms with Crippen molar-refractivity contribution >= 4 is 0 Å². The predicted molar refractivity (Wildman–Crippen MR) is 45.8 cm³/mol. The lowest BCUT2D eigenvalue weighted by Gasteiger charge is -2.19. The highest BCUT2D eigenvalue weighted by atomic mass is 19.4. The summed E-state index contributed by atoms with van der Waals surface area (Å²) in [6.07, 6.45) is -7.15. The number of rotatable bonds is 5. The van der Waals surface area contributed by atoms with Gasteiger partial charge in [0.15, 0.2) is 6.10 Å². The van der Waals surface area contributed by atoms with Gasteiger partial charge in [-0.3, -0.25) is 0 Å². The molecular weight excluding hydrogens is 199 g/mol. The van der Waals surface area contributed by atoms with Crippen molar-refractivity contribution in [2.45, 2.75) is 44.7 Å². The van der Waals surface area contributed by atoms with Crippen molar-refractivity contribution < 1.29 is 23.4 Å². The standard InChI is InChI=1S/C8H16F3NO2/c1-5(3-6(2)13)12-4-7(14)8(9,10)11/h5-7,12-14H,3-4H2,1-2H3. The zero-order valence-electron chi connectivity index (χ0n) is 8.17. The molecule has 0 saturated carbocycles. The molecule has 0 amide bonds. The van der Waals surface area contributed by atoms with Crippen LogP contribution in [-0.2, 0) is 0 Å². The van der Waals surface area contributed by atoms with Gasteiger partial charge in [0.1, 0.15) is 0 Å². The molecule has 0 aromatic rings. The number of hydrogen-bond donors (Lipinski definition) is 3. The van der Waals surface area contributed by atoms with Gasteiger partial charge in [0.05, 0.1) is 6.10 Å². The van der Waals surface area contributed by atoms with Crippen LogP contribution in [0.15, 0.2) is 0 Å². The van der Waals surface area contributed by atoms with Crippen LogP contribution in [0, 0.1) is 0 Å². The summed E-state index contributed by atoms with van der Waals surface area (Å²) in [5, 5.41) is 20.0. The number of hydrogen-bond acceptors (Lipinski definition) is 3. The third-order valence-corrected chi connectivity index (χ3v) is 1.73. The molecule has 0 aliphatic carbocycles. The first-order valence-corrected chi connectivity index (χ1v) is 4.39. The van der Waals surface area contributed by atoms with Crippen molar-refractivity contribution in [3.63, 3.8) is 0 Å². The van der Waals surface area contributed by atoms with Crippen LogP contribution in [0.1, 0.15) is 20.3 Å². The van der Waals surface area contributed by atoms with Gasteiger partial charge in [-0.2, -0.15) is 13.2 Å². The summed E-state index contributed by atoms with van der Waals surface area (Å²) >= 11 is 0. The first-order chi connectivity index (χ1) is 6.23. The van der Waals surface area contributed by atoms with Crippen molar-refractivity contribution in [1.29, 1.82) is 0 Å². The maximum atomic E-state index is 11.8. The highest BCUT2D eigenvalue weighted by molar-refractivity contribution is 4.71. The molecule has 0 radical (unpaired) electrons. The van der Waals surface area contributed by atoms with Crippen molar-refractivity contribution in [2.24, 2.45) is 0 Å². The van der Waals surface area contributed by atoms with E-state index in [2.05, 4.69) is 5.32 Å². The van der Waals surface area contributed by atoms with Crippen LogP contribution in [0.25, 0.3) is 0 Å². The van der Waals surface area contributed by atoms with E-state index in [4.69, 9.17) is 10.2 Å². The minimum atomic E-state index is -4.59. The maximum Gasteiger partial charge on any atom is 0.415 e. The van der Waals surface area contributed by atoms with E-state index in [0.717, 1.165) is 0 Å². The molecule has 0 rings (SSSR count). The van der Waals surface area contributed by atoms with Gasteiger partial charge >= 0.3 is 6.18 Å². The van der Waals surface area contributed by atoms with Gasteiger partial charge in [-0.15, -0.1) is 0 Å². The number of alkyl halides is 3. The van der Waals surface area contributed by atoms with Gasteiger partial charge in [-0.05, 0) is 20.3 Å². The van der Waals surface area contributed by atoms with Gasteiger partial charge < -0.3 is 15.5 Å². The lowest BCUT2D eigenvalue weighted by Crippen LogP contribution is -2.42. The maximum absolute atomic E-state index is 11.8. The van der Waals surface area contributed by atoms with Crippen molar-refractivity contribution in [3.05, 3.63) is 0 Å². The monoisotopic (exact) mass is 215 g/mol. The van der Waals surface area contributed by atoms with Crippen LogP contribution < -0.4 is 5.32 Å². The molecule has 3 nitrogen and oxygen atoms in total. The van der Waals surface area contributed by atoms with E-state index in [1.807, 2.05) is 0 Å². The van der Waals surface area contributed by atoms with Crippen LogP contribution in [-0.4, -0.2) is 41.2 Å². The molecule has 0 spiro atoms. The zero-order chi connectivity index (χ0) is 11.4. The minimum Gasteiger partial charge on any atom is -0.393 e. The fourth-order valence-corrected chi connectivity index (χ4v) is 1.02. The first kappa shape index (κ1) is 13.7. The summed E-state index contributed by atoms with van der Waals surface area (Å²) in [4.78, 5) is 0. The van der Waals surface area contributed by atoms with Gasteiger partial charge in [-0.1, -0.05) is 0 Å². The molecule has 3 atom stereocenters. The molecular formula is C8H16F3NO2. The van der Waals surface area contributed by atoms with Crippen LogP contribution in [0.2, 0.25) is 0 Å². The van der Waals surface area contributed by atoms with Crippen LogP contribution >= 0.6 is 0 Å². The van der Waals surface area contributed by atoms with Crippen molar-refractivity contribution in [1.82, 2.24) is 5.32 Å². The van der Waals surface area contributed by atoms with E-state index in [1.165, 1.54) is 0 Å². The summed E-state index contributed by atoms with van der Waals surface area (Å²) in [6, 6.07) is -0.257. The third kappa shape index (κ3) is 6.17. The van der Waals surface area contributed by atoms with E-state index < -0.39 is 24.9 Å². The molecule has 0 aromatic carbocycles. The molecule has 0 bridgehead atoms. The summed E-state index contributed by atoms with van der Waals surface area (Å²) < 4.78 is 35.5. The Bertz CT molecular complexity index is 161. The summed E-state index contributed by atoms with van der Waals surface area (Å²) in [5.41, 5.74) is 0. The average Bonchev–Trinajstić information content (AvgIpc) is 1.96. The van der Waals surface area contributed by atoms with Crippen LogP contribution in [0.4, 0.5) is 13.2 Å². The molecule has 0 heterocycles. The lowest BCUT2D eigenvalue weighted by atomic mass is 10.1. The second kappa shape index (κ2) is 5.53. The molecule has 14 heavy (non-hydrogen) atoms. The molecule has 6 heteroatoms. The number of halogens is 3. The average molecular weight is 215 g/mol. The predicted octanol–water partition coefficient (Wildman–Crippen LogP) is 0.659. The topological polar surface area (TPSA) is 52.5 Å².